The fraction of sp³-hybridized carbons (Fsp3) is 0.200. The number of nitrogens with two attached hydrogens (primary N) is 1. The number of primary sulfonamides is 1. The number of sulfonamides is 1. The summed E-state index contributed by atoms with van der Waals surface area (Å²) < 4.78 is 78.5. The molecule has 0 saturated heterocycles. The smallest absolute Gasteiger partial charge is 0.319 e. The highest BCUT2D eigenvalue weighted by molar-refractivity contribution is 7.89. The zero-order valence-electron chi connectivity index (χ0n) is 16.6. The molecule has 2 N–H and O–H groups in total. The summed E-state index contributed by atoms with van der Waals surface area (Å²) >= 11 is 0. The zero-order valence-corrected chi connectivity index (χ0v) is 17.4. The van der Waals surface area contributed by atoms with Crippen LogP contribution in [0.3, 0.4) is 0 Å². The van der Waals surface area contributed by atoms with Crippen LogP contribution >= 0.6 is 0 Å². The minimum absolute atomic E-state index is 0.0398. The molecule has 0 atom stereocenters. The molecule has 0 aliphatic rings. The van der Waals surface area contributed by atoms with Gasteiger partial charge < -0.3 is 4.84 Å². The van der Waals surface area contributed by atoms with Gasteiger partial charge in [-0.1, -0.05) is 36.0 Å². The van der Waals surface area contributed by atoms with Gasteiger partial charge in [0, 0.05) is 17.5 Å². The lowest BCUT2D eigenvalue weighted by Gasteiger charge is -2.12. The van der Waals surface area contributed by atoms with Gasteiger partial charge in [-0.3, -0.25) is 0 Å². The van der Waals surface area contributed by atoms with E-state index in [0.29, 0.717) is 6.42 Å². The van der Waals surface area contributed by atoms with Crippen molar-refractivity contribution in [2.24, 2.45) is 5.14 Å². The van der Waals surface area contributed by atoms with E-state index in [1.807, 2.05) is 0 Å². The standard InChI is InChI=1S/C20H17F4N3O4S/c1-2-3-16(28)31-27-19(20(22,23)24)17(12-4-8-14(21)9-5-12)18(26-27)13-6-10-15(11-7-13)32(25,29)30/h4-11H,2-3H2,1H3,(H2,25,29,30). The van der Waals surface area contributed by atoms with Gasteiger partial charge >= 0.3 is 12.1 Å². The first-order chi connectivity index (χ1) is 14.9. The maximum absolute atomic E-state index is 14.0. The summed E-state index contributed by atoms with van der Waals surface area (Å²) in [7, 11) is -4.03. The molecule has 0 amide bonds. The molecule has 0 bridgehead atoms. The Labute approximate surface area is 180 Å². The third kappa shape index (κ3) is 4.97. The SMILES string of the molecule is CCCC(=O)On1nc(-c2ccc(S(N)(=O)=O)cc2)c(-c2ccc(F)cc2)c1C(F)(F)F. The topological polar surface area (TPSA) is 104 Å². The molecule has 0 aliphatic heterocycles. The highest BCUT2D eigenvalue weighted by atomic mass is 32.2. The van der Waals surface area contributed by atoms with Crippen LogP contribution in [0.1, 0.15) is 25.5 Å². The minimum atomic E-state index is -5.00. The third-order valence-corrected chi connectivity index (χ3v) is 5.29. The summed E-state index contributed by atoms with van der Waals surface area (Å²) in [5.41, 5.74) is -2.05. The summed E-state index contributed by atoms with van der Waals surface area (Å²) in [5.74, 6) is -1.59. The van der Waals surface area contributed by atoms with Crippen molar-refractivity contribution in [3.8, 4) is 22.4 Å². The van der Waals surface area contributed by atoms with Crippen molar-refractivity contribution >= 4 is 16.0 Å². The van der Waals surface area contributed by atoms with E-state index in [1.54, 1.807) is 6.92 Å². The van der Waals surface area contributed by atoms with Crippen molar-refractivity contribution in [1.82, 2.24) is 9.94 Å². The van der Waals surface area contributed by atoms with E-state index < -0.39 is 39.2 Å². The number of nitrogens with zero attached hydrogens (tertiary/aromatic N) is 2. The molecule has 0 fully saturated rings. The Morgan fingerprint density at radius 1 is 1.06 bits per heavy atom. The van der Waals surface area contributed by atoms with Gasteiger partial charge in [0.1, 0.15) is 11.5 Å². The van der Waals surface area contributed by atoms with Gasteiger partial charge in [0.2, 0.25) is 10.0 Å². The molecule has 170 valence electrons. The fourth-order valence-electron chi connectivity index (χ4n) is 2.96. The second kappa shape index (κ2) is 8.71. The van der Waals surface area contributed by atoms with Crippen LogP contribution in [0.4, 0.5) is 17.6 Å². The molecule has 1 heterocycles. The van der Waals surface area contributed by atoms with Gasteiger partial charge in [0.05, 0.1) is 4.90 Å². The maximum atomic E-state index is 14.0. The van der Waals surface area contributed by atoms with E-state index in [-0.39, 0.29) is 33.0 Å². The zero-order chi connectivity index (χ0) is 23.7. The maximum Gasteiger partial charge on any atom is 0.437 e. The Kier molecular flexibility index (Phi) is 6.37. The van der Waals surface area contributed by atoms with E-state index >= 15 is 0 Å². The molecule has 32 heavy (non-hydrogen) atoms. The average molecular weight is 471 g/mol. The summed E-state index contributed by atoms with van der Waals surface area (Å²) in [6.45, 7) is 1.65. The molecule has 0 radical (unpaired) electrons. The Balaban J connectivity index is 2.28. The van der Waals surface area contributed by atoms with Crippen LogP contribution in [0, 0.1) is 5.82 Å². The van der Waals surface area contributed by atoms with Crippen LogP contribution in [-0.4, -0.2) is 24.3 Å². The lowest BCUT2D eigenvalue weighted by atomic mass is 9.98. The number of carbonyl (C=O) groups is 1. The predicted octanol–water partition coefficient (Wildman–Crippen LogP) is 3.78. The molecule has 0 unspecified atom stereocenters. The number of halogens is 4. The normalized spacial score (nSPS) is 12.1. The fourth-order valence-corrected chi connectivity index (χ4v) is 3.47. The Hall–Kier alpha value is -3.25. The van der Waals surface area contributed by atoms with Gasteiger partial charge in [-0.2, -0.15) is 13.2 Å². The summed E-state index contributed by atoms with van der Waals surface area (Å²) in [4.78, 5) is 16.6. The summed E-state index contributed by atoms with van der Waals surface area (Å²) in [6, 6.07) is 8.85. The molecule has 2 aromatic carbocycles. The average Bonchev–Trinajstić information content (AvgIpc) is 3.07. The van der Waals surface area contributed by atoms with Gasteiger partial charge in [-0.25, -0.2) is 22.7 Å². The van der Waals surface area contributed by atoms with Crippen LogP contribution in [-0.2, 0) is 21.0 Å². The molecule has 7 nitrogen and oxygen atoms in total. The Bertz CT molecular complexity index is 1240. The highest BCUT2D eigenvalue weighted by Crippen LogP contribution is 2.42. The summed E-state index contributed by atoms with van der Waals surface area (Å²) in [6.07, 6.45) is -4.79. The van der Waals surface area contributed by atoms with Crippen LogP contribution in [0.15, 0.2) is 53.4 Å². The van der Waals surface area contributed by atoms with E-state index in [9.17, 15) is 30.8 Å². The van der Waals surface area contributed by atoms with Crippen molar-refractivity contribution in [2.45, 2.75) is 30.8 Å². The second-order valence-electron chi connectivity index (χ2n) is 6.73. The van der Waals surface area contributed by atoms with Crippen molar-refractivity contribution in [1.29, 1.82) is 0 Å². The third-order valence-electron chi connectivity index (χ3n) is 4.36. The lowest BCUT2D eigenvalue weighted by Crippen LogP contribution is -2.26. The molecule has 1 aromatic heterocycles. The van der Waals surface area contributed by atoms with E-state index in [0.717, 1.165) is 36.4 Å². The Morgan fingerprint density at radius 3 is 2.12 bits per heavy atom. The molecule has 3 aromatic rings. The number of hydrogen-bond acceptors (Lipinski definition) is 5. The van der Waals surface area contributed by atoms with Crippen LogP contribution in [0.2, 0.25) is 0 Å². The van der Waals surface area contributed by atoms with Crippen molar-refractivity contribution < 1.29 is 35.6 Å². The Morgan fingerprint density at radius 2 is 1.62 bits per heavy atom. The van der Waals surface area contributed by atoms with Crippen LogP contribution in [0.5, 0.6) is 0 Å². The van der Waals surface area contributed by atoms with Crippen molar-refractivity contribution in [3.63, 3.8) is 0 Å². The van der Waals surface area contributed by atoms with Gasteiger partial charge in [0.25, 0.3) is 0 Å². The van der Waals surface area contributed by atoms with Gasteiger partial charge in [-0.15, -0.1) is 5.10 Å². The van der Waals surface area contributed by atoms with E-state index in [1.165, 1.54) is 12.1 Å². The highest BCUT2D eigenvalue weighted by Gasteiger charge is 2.42. The first-order valence-electron chi connectivity index (χ1n) is 9.22. The number of benzene rings is 2. The number of carbonyl (C=O) groups excluding carboxylic acids is 1. The molecule has 3 rings (SSSR count). The molecule has 0 spiro atoms. The van der Waals surface area contributed by atoms with E-state index in [2.05, 4.69) is 5.10 Å². The van der Waals surface area contributed by atoms with E-state index in [4.69, 9.17) is 9.98 Å². The predicted molar refractivity (Wildman–Crippen MR) is 106 cm³/mol. The largest absolute Gasteiger partial charge is 0.437 e. The summed E-state index contributed by atoms with van der Waals surface area (Å²) in [5, 5.41) is 8.90. The number of rotatable bonds is 6. The van der Waals surface area contributed by atoms with Crippen molar-refractivity contribution in [3.05, 3.63) is 60.0 Å². The van der Waals surface area contributed by atoms with Crippen LogP contribution < -0.4 is 9.98 Å². The monoisotopic (exact) mass is 471 g/mol. The molecular weight excluding hydrogens is 454 g/mol. The van der Waals surface area contributed by atoms with Crippen molar-refractivity contribution in [2.75, 3.05) is 0 Å². The number of aromatic nitrogens is 2. The first kappa shape index (κ1) is 23.4. The number of alkyl halides is 3. The van der Waals surface area contributed by atoms with Gasteiger partial charge in [0.15, 0.2) is 5.69 Å². The minimum Gasteiger partial charge on any atom is -0.319 e. The van der Waals surface area contributed by atoms with Crippen LogP contribution in [0.25, 0.3) is 22.4 Å². The second-order valence-corrected chi connectivity index (χ2v) is 8.29. The molecule has 12 heteroatoms. The van der Waals surface area contributed by atoms with Gasteiger partial charge in [-0.05, 0) is 36.2 Å². The molecule has 0 aliphatic carbocycles. The first-order valence-corrected chi connectivity index (χ1v) is 10.8. The number of hydrogen-bond donors (Lipinski definition) is 1. The molecule has 0 saturated carbocycles. The quantitative estimate of drug-likeness (QED) is 0.551. The lowest BCUT2D eigenvalue weighted by molar-refractivity contribution is -0.162. The molecular formula is C20H17F4N3O4S.